The summed E-state index contributed by atoms with van der Waals surface area (Å²) in [5.41, 5.74) is 0. The van der Waals surface area contributed by atoms with Crippen LogP contribution in [0, 0.1) is 5.92 Å². The summed E-state index contributed by atoms with van der Waals surface area (Å²) < 4.78 is 0. The summed E-state index contributed by atoms with van der Waals surface area (Å²) in [6.07, 6.45) is 3.54. The van der Waals surface area contributed by atoms with Gasteiger partial charge in [0.15, 0.2) is 0 Å². The van der Waals surface area contributed by atoms with E-state index in [-0.39, 0.29) is 5.92 Å². The number of Topliss-reactive ketones (excluding diaryl/α,β-unsaturated/α-hetero) is 1. The van der Waals surface area contributed by atoms with Gasteiger partial charge in [-0.1, -0.05) is 6.92 Å². The van der Waals surface area contributed by atoms with Gasteiger partial charge in [0, 0.05) is 37.2 Å². The Balaban J connectivity index is 1.78. The second kappa shape index (κ2) is 4.67. The molecule has 2 fully saturated rings. The molecule has 2 heterocycles. The standard InChI is InChI=1S/C11H19NOS/c1-9-7-12(5-4-11(9)13)8-10-3-2-6-14-10/h9-10H,2-8H2,1H3. The molecule has 2 nitrogen and oxygen atoms in total. The van der Waals surface area contributed by atoms with Crippen molar-refractivity contribution < 1.29 is 4.79 Å². The van der Waals surface area contributed by atoms with Crippen molar-refractivity contribution in [1.82, 2.24) is 4.90 Å². The Labute approximate surface area is 90.4 Å². The number of hydrogen-bond donors (Lipinski definition) is 0. The van der Waals surface area contributed by atoms with Gasteiger partial charge in [-0.2, -0.15) is 11.8 Å². The quantitative estimate of drug-likeness (QED) is 0.697. The molecule has 2 aliphatic heterocycles. The van der Waals surface area contributed by atoms with Gasteiger partial charge < -0.3 is 4.90 Å². The Kier molecular flexibility index (Phi) is 3.50. The lowest BCUT2D eigenvalue weighted by molar-refractivity contribution is -0.125. The maximum absolute atomic E-state index is 11.3. The molecule has 0 aromatic rings. The van der Waals surface area contributed by atoms with Crippen LogP contribution >= 0.6 is 11.8 Å². The largest absolute Gasteiger partial charge is 0.301 e. The van der Waals surface area contributed by atoms with Crippen LogP contribution in [-0.4, -0.2) is 41.3 Å². The van der Waals surface area contributed by atoms with Gasteiger partial charge in [0.05, 0.1) is 0 Å². The van der Waals surface area contributed by atoms with Crippen LogP contribution in [0.1, 0.15) is 26.2 Å². The molecule has 2 aliphatic rings. The zero-order valence-corrected chi connectivity index (χ0v) is 9.68. The lowest BCUT2D eigenvalue weighted by Gasteiger charge is -2.31. The molecule has 2 atom stereocenters. The minimum absolute atomic E-state index is 0.273. The smallest absolute Gasteiger partial charge is 0.138 e. The Morgan fingerprint density at radius 3 is 3.07 bits per heavy atom. The van der Waals surface area contributed by atoms with Crippen LogP contribution in [0.25, 0.3) is 0 Å². The van der Waals surface area contributed by atoms with Crippen LogP contribution in [0.5, 0.6) is 0 Å². The number of nitrogens with zero attached hydrogens (tertiary/aromatic N) is 1. The predicted octanol–water partition coefficient (Wildman–Crippen LogP) is 1.79. The van der Waals surface area contributed by atoms with Crippen LogP contribution < -0.4 is 0 Å². The third kappa shape index (κ3) is 2.51. The molecule has 3 heteroatoms. The van der Waals surface area contributed by atoms with E-state index in [0.29, 0.717) is 5.78 Å². The zero-order valence-electron chi connectivity index (χ0n) is 8.87. The van der Waals surface area contributed by atoms with Crippen LogP contribution in [0.2, 0.25) is 0 Å². The fourth-order valence-electron chi connectivity index (χ4n) is 2.34. The topological polar surface area (TPSA) is 20.3 Å². The second-order valence-corrected chi connectivity index (χ2v) is 5.92. The van der Waals surface area contributed by atoms with E-state index in [1.54, 1.807) is 0 Å². The van der Waals surface area contributed by atoms with E-state index in [0.717, 1.165) is 24.8 Å². The fraction of sp³-hybridized carbons (Fsp3) is 0.909. The number of thioether (sulfide) groups is 1. The molecule has 0 saturated carbocycles. The predicted molar refractivity (Wildman–Crippen MR) is 60.7 cm³/mol. The number of hydrogen-bond acceptors (Lipinski definition) is 3. The molecule has 2 saturated heterocycles. The summed E-state index contributed by atoms with van der Waals surface area (Å²) in [7, 11) is 0. The molecule has 0 aliphatic carbocycles. The van der Waals surface area contributed by atoms with E-state index in [1.807, 2.05) is 0 Å². The van der Waals surface area contributed by atoms with Crippen molar-refractivity contribution in [2.75, 3.05) is 25.4 Å². The van der Waals surface area contributed by atoms with Gasteiger partial charge in [-0.25, -0.2) is 0 Å². The average Bonchev–Trinajstić information content (AvgIpc) is 2.64. The minimum atomic E-state index is 0.273. The van der Waals surface area contributed by atoms with Gasteiger partial charge in [0.2, 0.25) is 0 Å². The monoisotopic (exact) mass is 213 g/mol. The third-order valence-corrected chi connectivity index (χ3v) is 4.62. The summed E-state index contributed by atoms with van der Waals surface area (Å²) in [5.74, 6) is 2.07. The number of likely N-dealkylation sites (tertiary alicyclic amines) is 1. The summed E-state index contributed by atoms with van der Waals surface area (Å²) in [4.78, 5) is 13.8. The number of carbonyl (C=O) groups excluding carboxylic acids is 1. The number of piperidine rings is 1. The molecular weight excluding hydrogens is 194 g/mol. The molecule has 80 valence electrons. The highest BCUT2D eigenvalue weighted by Crippen LogP contribution is 2.27. The first kappa shape index (κ1) is 10.5. The molecule has 0 aromatic heterocycles. The van der Waals surface area contributed by atoms with Crippen molar-refractivity contribution in [2.45, 2.75) is 31.4 Å². The minimum Gasteiger partial charge on any atom is -0.301 e. The van der Waals surface area contributed by atoms with Gasteiger partial charge in [-0.05, 0) is 18.6 Å². The Morgan fingerprint density at radius 2 is 2.43 bits per heavy atom. The normalized spacial score (nSPS) is 35.1. The maximum atomic E-state index is 11.3. The van der Waals surface area contributed by atoms with Crippen LogP contribution in [0.4, 0.5) is 0 Å². The average molecular weight is 213 g/mol. The highest BCUT2D eigenvalue weighted by atomic mass is 32.2. The van der Waals surface area contributed by atoms with Gasteiger partial charge >= 0.3 is 0 Å². The molecular formula is C11H19NOS. The van der Waals surface area contributed by atoms with E-state index >= 15 is 0 Å². The highest BCUT2D eigenvalue weighted by Gasteiger charge is 2.26. The van der Waals surface area contributed by atoms with Gasteiger partial charge in [-0.3, -0.25) is 4.79 Å². The van der Waals surface area contributed by atoms with Gasteiger partial charge in [-0.15, -0.1) is 0 Å². The highest BCUT2D eigenvalue weighted by molar-refractivity contribution is 8.00. The molecule has 0 bridgehead atoms. The molecule has 0 aromatic carbocycles. The summed E-state index contributed by atoms with van der Waals surface area (Å²) >= 11 is 2.11. The van der Waals surface area contributed by atoms with Crippen molar-refractivity contribution in [3.05, 3.63) is 0 Å². The molecule has 0 amide bonds. The first-order valence-electron chi connectivity index (χ1n) is 5.62. The van der Waals surface area contributed by atoms with E-state index in [4.69, 9.17) is 0 Å². The zero-order chi connectivity index (χ0) is 9.97. The maximum Gasteiger partial charge on any atom is 0.138 e. The number of ketones is 1. The van der Waals surface area contributed by atoms with Crippen molar-refractivity contribution >= 4 is 17.5 Å². The number of carbonyl (C=O) groups is 1. The van der Waals surface area contributed by atoms with Crippen LogP contribution in [0.3, 0.4) is 0 Å². The number of rotatable bonds is 2. The lowest BCUT2D eigenvalue weighted by atomic mass is 9.98. The Morgan fingerprint density at radius 1 is 1.57 bits per heavy atom. The molecule has 2 unspecified atom stereocenters. The fourth-order valence-corrected chi connectivity index (χ4v) is 3.65. The molecule has 0 radical (unpaired) electrons. The molecule has 0 spiro atoms. The van der Waals surface area contributed by atoms with Crippen molar-refractivity contribution in [3.63, 3.8) is 0 Å². The molecule has 0 N–H and O–H groups in total. The van der Waals surface area contributed by atoms with E-state index < -0.39 is 0 Å². The molecule has 2 rings (SSSR count). The first-order valence-corrected chi connectivity index (χ1v) is 6.67. The molecule has 14 heavy (non-hydrogen) atoms. The van der Waals surface area contributed by atoms with Crippen molar-refractivity contribution in [1.29, 1.82) is 0 Å². The van der Waals surface area contributed by atoms with E-state index in [2.05, 4.69) is 23.6 Å². The van der Waals surface area contributed by atoms with Crippen molar-refractivity contribution in [3.8, 4) is 0 Å². The van der Waals surface area contributed by atoms with E-state index in [1.165, 1.54) is 25.1 Å². The summed E-state index contributed by atoms with van der Waals surface area (Å²) in [5, 5.41) is 0.843. The lowest BCUT2D eigenvalue weighted by Crippen LogP contribution is -2.42. The van der Waals surface area contributed by atoms with Crippen molar-refractivity contribution in [2.24, 2.45) is 5.92 Å². The Hall–Kier alpha value is -0.0200. The van der Waals surface area contributed by atoms with Gasteiger partial charge in [0.25, 0.3) is 0 Å². The third-order valence-electron chi connectivity index (χ3n) is 3.24. The SMILES string of the molecule is CC1CN(CC2CCCS2)CCC1=O. The van der Waals surface area contributed by atoms with Crippen LogP contribution in [-0.2, 0) is 4.79 Å². The van der Waals surface area contributed by atoms with E-state index in [9.17, 15) is 4.79 Å². The first-order chi connectivity index (χ1) is 6.75. The Bertz CT molecular complexity index is 213. The summed E-state index contributed by atoms with van der Waals surface area (Å²) in [6, 6.07) is 0. The summed E-state index contributed by atoms with van der Waals surface area (Å²) in [6.45, 7) is 5.27. The van der Waals surface area contributed by atoms with Gasteiger partial charge in [0.1, 0.15) is 5.78 Å². The second-order valence-electron chi connectivity index (χ2n) is 4.51. The van der Waals surface area contributed by atoms with Crippen LogP contribution in [0.15, 0.2) is 0 Å².